The Morgan fingerprint density at radius 1 is 1.54 bits per heavy atom. The predicted octanol–water partition coefficient (Wildman–Crippen LogP) is 0.763. The van der Waals surface area contributed by atoms with Gasteiger partial charge in [-0.2, -0.15) is 9.50 Å². The molecule has 8 nitrogen and oxygen atoms in total. The first-order valence-corrected chi connectivity index (χ1v) is 8.83. The van der Waals surface area contributed by atoms with Gasteiger partial charge in [0.1, 0.15) is 5.69 Å². The monoisotopic (exact) mass is 351 g/mol. The minimum absolute atomic E-state index is 0.202. The van der Waals surface area contributed by atoms with Crippen LogP contribution in [0.3, 0.4) is 0 Å². The van der Waals surface area contributed by atoms with E-state index in [2.05, 4.69) is 27.2 Å². The number of carbonyl (C=O) groups is 1. The summed E-state index contributed by atoms with van der Waals surface area (Å²) in [6, 6.07) is 1.22. The van der Waals surface area contributed by atoms with Crippen LogP contribution in [-0.4, -0.2) is 53.9 Å². The molecule has 1 atom stereocenters. The van der Waals surface area contributed by atoms with Crippen LogP contribution in [-0.2, 0) is 4.74 Å². The molecule has 1 amide bonds. The average Bonchev–Trinajstić information content (AvgIpc) is 2.98. The standard InChI is InChI=1S/C15H21N5O3S/c1-10-4-3-6-19(9-10)15-18-20-11(13(22)16-5-7-23-2)8-12(21)17-14(20)24-15/h8,10H,3-7,9H2,1-2H3,(H,16,22)/t10-/m1/s1. The van der Waals surface area contributed by atoms with E-state index in [4.69, 9.17) is 4.74 Å². The number of ether oxygens (including phenoxy) is 1. The fourth-order valence-corrected chi connectivity index (χ4v) is 3.76. The van der Waals surface area contributed by atoms with Crippen LogP contribution in [0.1, 0.15) is 30.3 Å². The molecule has 1 aliphatic rings. The van der Waals surface area contributed by atoms with Crippen molar-refractivity contribution >= 4 is 27.3 Å². The molecule has 0 spiro atoms. The van der Waals surface area contributed by atoms with Crippen molar-refractivity contribution in [2.75, 3.05) is 38.3 Å². The third-order valence-electron chi connectivity index (χ3n) is 4.00. The van der Waals surface area contributed by atoms with Gasteiger partial charge < -0.3 is 15.0 Å². The maximum atomic E-state index is 12.3. The van der Waals surface area contributed by atoms with Crippen LogP contribution in [0.5, 0.6) is 0 Å². The number of carbonyl (C=O) groups excluding carboxylic acids is 1. The maximum Gasteiger partial charge on any atom is 0.274 e. The summed E-state index contributed by atoms with van der Waals surface area (Å²) in [5, 5.41) is 8.04. The first kappa shape index (κ1) is 16.8. The third kappa shape index (κ3) is 3.57. The Hall–Kier alpha value is -2.00. The SMILES string of the molecule is COCCNC(=O)c1cc(=O)nc2sc(N3CCC[C@@H](C)C3)nn12. The largest absolute Gasteiger partial charge is 0.383 e. The molecule has 0 unspecified atom stereocenters. The molecule has 0 aliphatic carbocycles. The number of aromatic nitrogens is 3. The summed E-state index contributed by atoms with van der Waals surface area (Å²) in [4.78, 5) is 30.8. The molecule has 1 N–H and O–H groups in total. The molecule has 1 aliphatic heterocycles. The van der Waals surface area contributed by atoms with Crippen molar-refractivity contribution in [3.8, 4) is 0 Å². The van der Waals surface area contributed by atoms with E-state index in [1.54, 1.807) is 7.11 Å². The van der Waals surface area contributed by atoms with Crippen molar-refractivity contribution < 1.29 is 9.53 Å². The molecule has 3 heterocycles. The highest BCUT2D eigenvalue weighted by molar-refractivity contribution is 7.20. The summed E-state index contributed by atoms with van der Waals surface area (Å²) in [7, 11) is 1.56. The third-order valence-corrected chi connectivity index (χ3v) is 4.96. The van der Waals surface area contributed by atoms with Crippen LogP contribution in [0.2, 0.25) is 0 Å². The second kappa shape index (κ2) is 7.27. The molecule has 0 saturated carbocycles. The van der Waals surface area contributed by atoms with E-state index in [9.17, 15) is 9.59 Å². The Kier molecular flexibility index (Phi) is 5.10. The van der Waals surface area contributed by atoms with Gasteiger partial charge in [0.05, 0.1) is 6.61 Å². The fraction of sp³-hybridized carbons (Fsp3) is 0.600. The van der Waals surface area contributed by atoms with E-state index < -0.39 is 5.56 Å². The number of nitrogens with one attached hydrogen (secondary N) is 1. The normalized spacial score (nSPS) is 18.1. The van der Waals surface area contributed by atoms with Gasteiger partial charge in [-0.25, -0.2) is 0 Å². The molecule has 1 saturated heterocycles. The summed E-state index contributed by atoms with van der Waals surface area (Å²) >= 11 is 1.34. The molecule has 0 radical (unpaired) electrons. The zero-order chi connectivity index (χ0) is 17.1. The van der Waals surface area contributed by atoms with Gasteiger partial charge in [0.25, 0.3) is 11.5 Å². The second-order valence-electron chi connectivity index (χ2n) is 6.00. The van der Waals surface area contributed by atoms with E-state index in [0.29, 0.717) is 24.0 Å². The van der Waals surface area contributed by atoms with Gasteiger partial charge in [0.15, 0.2) is 0 Å². The highest BCUT2D eigenvalue weighted by Crippen LogP contribution is 2.27. The number of hydrogen-bond acceptors (Lipinski definition) is 7. The fourth-order valence-electron chi connectivity index (χ4n) is 2.82. The molecule has 3 rings (SSSR count). The van der Waals surface area contributed by atoms with Gasteiger partial charge >= 0.3 is 0 Å². The highest BCUT2D eigenvalue weighted by atomic mass is 32.1. The predicted molar refractivity (Wildman–Crippen MR) is 92.0 cm³/mol. The van der Waals surface area contributed by atoms with Crippen molar-refractivity contribution in [2.45, 2.75) is 19.8 Å². The quantitative estimate of drug-likeness (QED) is 0.800. The van der Waals surface area contributed by atoms with Crippen molar-refractivity contribution in [2.24, 2.45) is 5.92 Å². The zero-order valence-corrected chi connectivity index (χ0v) is 14.6. The van der Waals surface area contributed by atoms with E-state index in [1.807, 2.05) is 0 Å². The Labute approximate surface area is 143 Å². The molecular weight excluding hydrogens is 330 g/mol. The molecule has 24 heavy (non-hydrogen) atoms. The van der Waals surface area contributed by atoms with Crippen molar-refractivity contribution in [3.05, 3.63) is 22.1 Å². The van der Waals surface area contributed by atoms with E-state index in [1.165, 1.54) is 28.3 Å². The number of anilines is 1. The Bertz CT molecular complexity index is 787. The topological polar surface area (TPSA) is 88.8 Å². The van der Waals surface area contributed by atoms with Gasteiger partial charge in [-0.3, -0.25) is 9.59 Å². The summed E-state index contributed by atoms with van der Waals surface area (Å²) in [5.41, 5.74) is -0.234. The van der Waals surface area contributed by atoms with Crippen molar-refractivity contribution in [1.29, 1.82) is 0 Å². The summed E-state index contributed by atoms with van der Waals surface area (Å²) in [6.45, 7) is 4.86. The molecule has 1 fully saturated rings. The lowest BCUT2D eigenvalue weighted by Gasteiger charge is -2.30. The van der Waals surface area contributed by atoms with Crippen LogP contribution in [0, 0.1) is 5.92 Å². The molecule has 0 bridgehead atoms. The van der Waals surface area contributed by atoms with Gasteiger partial charge in [-0.1, -0.05) is 18.3 Å². The highest BCUT2D eigenvalue weighted by Gasteiger charge is 2.22. The minimum atomic E-state index is -0.436. The Morgan fingerprint density at radius 2 is 2.38 bits per heavy atom. The number of hydrogen-bond donors (Lipinski definition) is 1. The summed E-state index contributed by atoms with van der Waals surface area (Å²) in [5.74, 6) is 0.251. The summed E-state index contributed by atoms with van der Waals surface area (Å²) in [6.07, 6.45) is 2.33. The van der Waals surface area contributed by atoms with Crippen LogP contribution >= 0.6 is 11.3 Å². The molecule has 0 aromatic carbocycles. The summed E-state index contributed by atoms with van der Waals surface area (Å²) < 4.78 is 6.38. The zero-order valence-electron chi connectivity index (χ0n) is 13.8. The Balaban J connectivity index is 1.92. The lowest BCUT2D eigenvalue weighted by atomic mass is 10.0. The lowest BCUT2D eigenvalue weighted by molar-refractivity contribution is 0.0929. The number of fused-ring (bicyclic) bond motifs is 1. The Morgan fingerprint density at radius 3 is 3.12 bits per heavy atom. The molecule has 2 aromatic heterocycles. The number of amides is 1. The van der Waals surface area contributed by atoms with E-state index in [-0.39, 0.29) is 11.6 Å². The maximum absolute atomic E-state index is 12.3. The second-order valence-corrected chi connectivity index (χ2v) is 6.94. The van der Waals surface area contributed by atoms with Crippen molar-refractivity contribution in [1.82, 2.24) is 19.9 Å². The van der Waals surface area contributed by atoms with Crippen molar-refractivity contribution in [3.63, 3.8) is 0 Å². The molecule has 2 aromatic rings. The number of nitrogens with zero attached hydrogens (tertiary/aromatic N) is 4. The number of piperidine rings is 1. The van der Waals surface area contributed by atoms with Gasteiger partial charge in [0, 0.05) is 32.8 Å². The smallest absolute Gasteiger partial charge is 0.274 e. The van der Waals surface area contributed by atoms with Crippen LogP contribution < -0.4 is 15.8 Å². The molecule has 130 valence electrons. The molecular formula is C15H21N5O3S. The van der Waals surface area contributed by atoms with Crippen LogP contribution in [0.4, 0.5) is 5.13 Å². The average molecular weight is 351 g/mol. The minimum Gasteiger partial charge on any atom is -0.383 e. The first-order chi connectivity index (χ1) is 11.6. The van der Waals surface area contributed by atoms with E-state index >= 15 is 0 Å². The van der Waals surface area contributed by atoms with Gasteiger partial charge in [-0.15, -0.1) is 5.10 Å². The van der Waals surface area contributed by atoms with Crippen LogP contribution in [0.25, 0.3) is 4.96 Å². The number of rotatable bonds is 5. The van der Waals surface area contributed by atoms with Gasteiger partial charge in [-0.05, 0) is 18.8 Å². The van der Waals surface area contributed by atoms with Crippen LogP contribution in [0.15, 0.2) is 10.9 Å². The van der Waals surface area contributed by atoms with Gasteiger partial charge in [0.2, 0.25) is 10.1 Å². The lowest BCUT2D eigenvalue weighted by Crippen LogP contribution is -2.34. The molecule has 9 heteroatoms. The first-order valence-electron chi connectivity index (χ1n) is 8.01. The number of methoxy groups -OCH3 is 1. The van der Waals surface area contributed by atoms with E-state index in [0.717, 1.165) is 24.6 Å².